The standard InChI is InChI=1S/C7H8O3.3C6H11.Sn/c1-4-3-6(7(8)9)5(2)10-4;3*1-2-4-6-5-3-1;/h3H,1-2H3,(H,8,9);3*1H,2-6H2;/q;;;;+1/p-1. The molecule has 0 aromatic carbocycles. The van der Waals surface area contributed by atoms with Gasteiger partial charge in [-0.1, -0.05) is 0 Å². The molecule has 0 aliphatic heterocycles. The third-order valence-electron chi connectivity index (χ3n) is 7.49. The van der Waals surface area contributed by atoms with Gasteiger partial charge in [0.1, 0.15) is 11.5 Å². The third-order valence-corrected chi connectivity index (χ3v) is 20.5. The van der Waals surface area contributed by atoms with Crippen LogP contribution in [-0.2, 0) is 0 Å². The molecule has 0 unspecified atom stereocenters. The molecule has 0 N–H and O–H groups in total. The summed E-state index contributed by atoms with van der Waals surface area (Å²) in [6.07, 6.45) is 24.2. The van der Waals surface area contributed by atoms with Crippen LogP contribution >= 0.6 is 0 Å². The number of rotatable bonds is 4. The maximum Gasteiger partial charge on any atom is 0.110 e. The predicted octanol–water partition coefficient (Wildman–Crippen LogP) is 6.74. The fourth-order valence-electron chi connectivity index (χ4n) is 6.14. The molecule has 3 saturated carbocycles. The minimum absolute atomic E-state index is 0.137. The van der Waals surface area contributed by atoms with Gasteiger partial charge in [-0.05, 0) is 19.9 Å². The molecule has 0 atom stereocenters. The molecule has 1 aromatic rings. The normalized spacial score (nSPS) is 22.0. The van der Waals surface area contributed by atoms with Gasteiger partial charge >= 0.3 is 128 Å². The van der Waals surface area contributed by atoms with Crippen molar-refractivity contribution < 1.29 is 14.3 Å². The van der Waals surface area contributed by atoms with Crippen molar-refractivity contribution in [1.29, 1.82) is 0 Å². The van der Waals surface area contributed by atoms with Gasteiger partial charge < -0.3 is 14.3 Å². The summed E-state index contributed by atoms with van der Waals surface area (Å²) < 4.78 is 8.92. The van der Waals surface area contributed by atoms with Crippen LogP contribution in [0.4, 0.5) is 0 Å². The van der Waals surface area contributed by atoms with Crippen molar-refractivity contribution >= 4 is 25.7 Å². The SMILES string of the molecule is C1CC[CH]([Sn+]([CH]2CCCCC2)[CH]2CCCCC2)CC1.Cc1cc(C(=O)[O-])c(C)o1. The van der Waals surface area contributed by atoms with E-state index in [-0.39, 0.29) is 5.56 Å². The van der Waals surface area contributed by atoms with E-state index in [0.29, 0.717) is 11.5 Å². The van der Waals surface area contributed by atoms with E-state index in [1.165, 1.54) is 17.9 Å². The Labute approximate surface area is 184 Å². The van der Waals surface area contributed by atoms with E-state index in [1.54, 1.807) is 110 Å². The third kappa shape index (κ3) is 6.77. The fraction of sp³-hybridized carbons (Fsp3) is 0.800. The van der Waals surface area contributed by atoms with Crippen LogP contribution in [0.25, 0.3) is 0 Å². The second kappa shape index (κ2) is 11.8. The molecule has 29 heavy (non-hydrogen) atoms. The summed E-state index contributed by atoms with van der Waals surface area (Å²) in [5.74, 6) is -0.191. The number of aryl methyl sites for hydroxylation is 2. The smallest absolute Gasteiger partial charge is 0.110 e. The van der Waals surface area contributed by atoms with Crippen LogP contribution in [0.2, 0.25) is 11.8 Å². The molecule has 162 valence electrons. The Morgan fingerprint density at radius 2 is 1.17 bits per heavy atom. The molecule has 3 aliphatic carbocycles. The number of furan rings is 1. The van der Waals surface area contributed by atoms with E-state index in [9.17, 15) is 9.90 Å². The maximum atomic E-state index is 10.3. The Kier molecular flexibility index (Phi) is 9.45. The largest absolute Gasteiger partial charge is 0.545 e. The van der Waals surface area contributed by atoms with Gasteiger partial charge in [-0.2, -0.15) is 0 Å². The van der Waals surface area contributed by atoms with Crippen molar-refractivity contribution in [2.24, 2.45) is 0 Å². The molecule has 0 saturated heterocycles. The van der Waals surface area contributed by atoms with E-state index in [0.717, 1.165) is 0 Å². The maximum absolute atomic E-state index is 10.3. The van der Waals surface area contributed by atoms with Gasteiger partial charge in [-0.25, -0.2) is 0 Å². The van der Waals surface area contributed by atoms with E-state index >= 15 is 0 Å². The second-order valence-electron chi connectivity index (χ2n) is 9.62. The Bertz CT molecular complexity index is 577. The van der Waals surface area contributed by atoms with Crippen LogP contribution in [0.1, 0.15) is 118 Å². The van der Waals surface area contributed by atoms with Crippen LogP contribution < -0.4 is 5.11 Å². The summed E-state index contributed by atoms with van der Waals surface area (Å²) in [5.41, 5.74) is 0.137. The zero-order valence-electron chi connectivity index (χ0n) is 18.6. The van der Waals surface area contributed by atoms with Gasteiger partial charge in [0.2, 0.25) is 0 Å². The number of hydrogen-bond donors (Lipinski definition) is 0. The van der Waals surface area contributed by atoms with Crippen LogP contribution in [-0.4, -0.2) is 25.7 Å². The number of hydrogen-bond acceptors (Lipinski definition) is 3. The van der Waals surface area contributed by atoms with Crippen molar-refractivity contribution in [1.82, 2.24) is 0 Å². The van der Waals surface area contributed by atoms with Gasteiger partial charge in [-0.3, -0.25) is 0 Å². The summed E-state index contributed by atoms with van der Waals surface area (Å²) in [6.45, 7) is 3.29. The Hall–Kier alpha value is -0.451. The van der Waals surface area contributed by atoms with Crippen molar-refractivity contribution in [3.8, 4) is 0 Å². The second-order valence-corrected chi connectivity index (χ2v) is 19.5. The van der Waals surface area contributed by atoms with Gasteiger partial charge in [0.15, 0.2) is 0 Å². The summed E-state index contributed by atoms with van der Waals surface area (Å²) in [6, 6.07) is 1.45. The average molecular weight is 507 g/mol. The van der Waals surface area contributed by atoms with Crippen molar-refractivity contribution in [2.45, 2.75) is 122 Å². The topological polar surface area (TPSA) is 53.3 Å². The summed E-state index contributed by atoms with van der Waals surface area (Å²) in [4.78, 5) is 10.3. The van der Waals surface area contributed by atoms with E-state index in [2.05, 4.69) is 0 Å². The molecule has 0 amide bonds. The summed E-state index contributed by atoms with van der Waals surface area (Å²) in [7, 11) is 0. The first-order valence-electron chi connectivity index (χ1n) is 12.2. The molecule has 3 fully saturated rings. The Morgan fingerprint density at radius 1 is 0.793 bits per heavy atom. The van der Waals surface area contributed by atoms with E-state index in [4.69, 9.17) is 4.42 Å². The number of carboxylic acid groups (broad SMARTS) is 1. The quantitative estimate of drug-likeness (QED) is 0.424. The van der Waals surface area contributed by atoms with Crippen molar-refractivity contribution in [3.05, 3.63) is 23.2 Å². The van der Waals surface area contributed by atoms with Crippen LogP contribution in [0, 0.1) is 13.8 Å². The molecule has 0 radical (unpaired) electrons. The predicted molar refractivity (Wildman–Crippen MR) is 119 cm³/mol. The molecule has 1 aromatic heterocycles. The fourth-order valence-corrected chi connectivity index (χ4v) is 21.1. The van der Waals surface area contributed by atoms with Crippen molar-refractivity contribution in [2.75, 3.05) is 0 Å². The molecular weight excluding hydrogens is 467 g/mol. The van der Waals surface area contributed by atoms with Gasteiger partial charge in [0.25, 0.3) is 0 Å². The zero-order valence-corrected chi connectivity index (χ0v) is 21.5. The van der Waals surface area contributed by atoms with Crippen molar-refractivity contribution in [3.63, 3.8) is 0 Å². The molecule has 3 aliphatic rings. The summed E-state index contributed by atoms with van der Waals surface area (Å²) in [5, 5.41) is 10.3. The molecule has 3 nitrogen and oxygen atoms in total. The molecule has 4 rings (SSSR count). The molecule has 0 spiro atoms. The van der Waals surface area contributed by atoms with Gasteiger partial charge in [0.05, 0.1) is 5.97 Å². The Morgan fingerprint density at radius 3 is 1.41 bits per heavy atom. The van der Waals surface area contributed by atoms with Crippen LogP contribution in [0.3, 0.4) is 0 Å². The average Bonchev–Trinajstić information content (AvgIpc) is 3.09. The number of carboxylic acids is 1. The first-order valence-corrected chi connectivity index (χ1v) is 17.2. The molecular formula is C25H40O3Sn. The zero-order chi connectivity index (χ0) is 20.6. The molecule has 1 heterocycles. The first kappa shape index (κ1) is 23.2. The molecule has 4 heteroatoms. The Balaban J connectivity index is 0.000000204. The minimum atomic E-state index is -1.19. The van der Waals surface area contributed by atoms with Gasteiger partial charge in [-0.15, -0.1) is 0 Å². The number of aromatic carboxylic acids is 1. The van der Waals surface area contributed by atoms with Gasteiger partial charge in [0, 0.05) is 5.56 Å². The monoisotopic (exact) mass is 508 g/mol. The van der Waals surface area contributed by atoms with E-state index in [1.807, 2.05) is 0 Å². The van der Waals surface area contributed by atoms with E-state index < -0.39 is 25.7 Å². The van der Waals surface area contributed by atoms with Crippen LogP contribution in [0.5, 0.6) is 0 Å². The molecule has 0 bridgehead atoms. The number of carbonyl (C=O) groups excluding carboxylic acids is 1. The minimum Gasteiger partial charge on any atom is -0.545 e. The first-order chi connectivity index (χ1) is 14.1. The summed E-state index contributed by atoms with van der Waals surface area (Å²) >= 11 is -1.15. The number of carbonyl (C=O) groups is 1. The van der Waals surface area contributed by atoms with Crippen LogP contribution in [0.15, 0.2) is 10.5 Å².